The highest BCUT2D eigenvalue weighted by molar-refractivity contribution is 7.91. The molecule has 3 rings (SSSR count). The van der Waals surface area contributed by atoms with Crippen LogP contribution in [0.3, 0.4) is 0 Å². The van der Waals surface area contributed by atoms with E-state index in [1.54, 1.807) is 35.6 Å². The summed E-state index contributed by atoms with van der Waals surface area (Å²) in [7, 11) is -2.51. The van der Waals surface area contributed by atoms with Crippen LogP contribution in [0.4, 0.5) is 0 Å². The second kappa shape index (κ2) is 9.20. The van der Waals surface area contributed by atoms with E-state index in [2.05, 4.69) is 11.0 Å². The Morgan fingerprint density at radius 2 is 1.20 bits per heavy atom. The summed E-state index contributed by atoms with van der Waals surface area (Å²) >= 11 is 1.65. The maximum Gasteiger partial charge on any atom is 0.175 e. The summed E-state index contributed by atoms with van der Waals surface area (Å²) in [5, 5.41) is 0. The minimum atomic E-state index is -3.25. The first kappa shape index (κ1) is 24.6. The van der Waals surface area contributed by atoms with Gasteiger partial charge in [0.1, 0.15) is 0 Å². The lowest BCUT2D eigenvalue weighted by Crippen LogP contribution is -2.09. The maximum atomic E-state index is 11.8. The van der Waals surface area contributed by atoms with Gasteiger partial charge in [-0.15, -0.1) is 23.7 Å². The van der Waals surface area contributed by atoms with Crippen molar-refractivity contribution in [2.24, 2.45) is 0 Å². The van der Waals surface area contributed by atoms with E-state index in [9.17, 15) is 16.8 Å². The monoisotopic (exact) mass is 485 g/mol. The number of halogens is 1. The van der Waals surface area contributed by atoms with Crippen molar-refractivity contribution < 1.29 is 16.8 Å². The van der Waals surface area contributed by atoms with E-state index in [0.29, 0.717) is 0 Å². The van der Waals surface area contributed by atoms with Crippen molar-refractivity contribution in [2.45, 2.75) is 16.3 Å². The quantitative estimate of drug-likeness (QED) is 0.518. The van der Waals surface area contributed by atoms with E-state index in [4.69, 9.17) is 0 Å². The average molecular weight is 486 g/mol. The van der Waals surface area contributed by atoms with Crippen LogP contribution < -0.4 is 0 Å². The Bertz CT molecular complexity index is 1140. The second-order valence-corrected chi connectivity index (χ2v) is 12.5. The second-order valence-electron chi connectivity index (χ2n) is 7.29. The number of sulfone groups is 2. The molecule has 0 spiro atoms. The van der Waals surface area contributed by atoms with Gasteiger partial charge in [0.25, 0.3) is 0 Å². The summed E-state index contributed by atoms with van der Waals surface area (Å²) in [6.07, 6.45) is 2.38. The fourth-order valence-electron chi connectivity index (χ4n) is 3.00. The van der Waals surface area contributed by atoms with Gasteiger partial charge in [-0.3, -0.25) is 0 Å². The van der Waals surface area contributed by atoms with Crippen LogP contribution in [0.15, 0.2) is 64.4 Å². The molecule has 5 nitrogen and oxygen atoms in total. The van der Waals surface area contributed by atoms with Crippen LogP contribution in [0.1, 0.15) is 4.88 Å². The van der Waals surface area contributed by atoms with E-state index in [1.165, 1.54) is 17.4 Å². The molecular formula is C21H24ClNO4S3. The van der Waals surface area contributed by atoms with E-state index >= 15 is 0 Å². The van der Waals surface area contributed by atoms with Crippen molar-refractivity contribution in [2.75, 3.05) is 26.6 Å². The molecule has 0 aliphatic heterocycles. The number of hydrogen-bond donors (Lipinski definition) is 0. The van der Waals surface area contributed by atoms with Gasteiger partial charge in [0.2, 0.25) is 0 Å². The molecular weight excluding hydrogens is 462 g/mol. The van der Waals surface area contributed by atoms with Gasteiger partial charge >= 0.3 is 0 Å². The molecule has 9 heteroatoms. The molecule has 0 amide bonds. The summed E-state index contributed by atoms with van der Waals surface area (Å²) in [5.74, 6) is 0. The highest BCUT2D eigenvalue weighted by Crippen LogP contribution is 2.40. The molecule has 30 heavy (non-hydrogen) atoms. The Balaban J connectivity index is 0.00000320. The number of rotatable bonds is 6. The molecule has 0 atom stereocenters. The molecule has 0 saturated heterocycles. The zero-order valence-electron chi connectivity index (χ0n) is 17.1. The Morgan fingerprint density at radius 3 is 1.60 bits per heavy atom. The van der Waals surface area contributed by atoms with Crippen LogP contribution in [0, 0.1) is 0 Å². The van der Waals surface area contributed by atoms with Gasteiger partial charge in [0.05, 0.1) is 9.79 Å². The van der Waals surface area contributed by atoms with E-state index < -0.39 is 19.7 Å². The first-order valence-electron chi connectivity index (χ1n) is 8.83. The van der Waals surface area contributed by atoms with Gasteiger partial charge in [-0.2, -0.15) is 0 Å². The molecule has 1 heterocycles. The lowest BCUT2D eigenvalue weighted by atomic mass is 10.0. The van der Waals surface area contributed by atoms with Crippen LogP contribution in [0.5, 0.6) is 0 Å². The summed E-state index contributed by atoms with van der Waals surface area (Å²) in [5.41, 5.74) is 2.84. The molecule has 2 aromatic carbocycles. The van der Waals surface area contributed by atoms with Crippen LogP contribution in [-0.2, 0) is 26.2 Å². The first-order valence-corrected chi connectivity index (χ1v) is 13.4. The van der Waals surface area contributed by atoms with Crippen LogP contribution in [-0.4, -0.2) is 48.3 Å². The van der Waals surface area contributed by atoms with Crippen molar-refractivity contribution in [1.29, 1.82) is 0 Å². The van der Waals surface area contributed by atoms with E-state index in [-0.39, 0.29) is 22.2 Å². The zero-order chi connectivity index (χ0) is 21.4. The minimum absolute atomic E-state index is 0. The smallest absolute Gasteiger partial charge is 0.175 e. The maximum absolute atomic E-state index is 11.8. The van der Waals surface area contributed by atoms with Crippen molar-refractivity contribution >= 4 is 43.4 Å². The van der Waals surface area contributed by atoms with Crippen molar-refractivity contribution in [3.05, 3.63) is 59.5 Å². The van der Waals surface area contributed by atoms with Crippen LogP contribution in [0.25, 0.3) is 21.6 Å². The first-order chi connectivity index (χ1) is 13.4. The largest absolute Gasteiger partial charge is 0.304 e. The SMILES string of the molecule is CN(C)Cc1cc(-c2ccc(S(C)(=O)=O)cc2)c(-c2ccc(S(C)(=O)=O)cc2)s1.Cl. The summed E-state index contributed by atoms with van der Waals surface area (Å²) in [6.45, 7) is 0.778. The number of hydrogen-bond acceptors (Lipinski definition) is 6. The minimum Gasteiger partial charge on any atom is -0.304 e. The zero-order valence-corrected chi connectivity index (χ0v) is 20.4. The third-order valence-corrected chi connectivity index (χ3v) is 7.82. The molecule has 0 unspecified atom stereocenters. The molecule has 162 valence electrons. The molecule has 3 aromatic rings. The standard InChI is InChI=1S/C21H23NO4S3.ClH/c1-22(2)14-17-13-20(15-5-9-18(10-6-15)28(3,23)24)21(27-17)16-7-11-19(12-8-16)29(4,25)26;/h5-13H,14H2,1-4H3;1H. The normalized spacial score (nSPS) is 12.0. The number of nitrogens with zero attached hydrogens (tertiary/aromatic N) is 1. The Hall–Kier alpha value is -1.71. The topological polar surface area (TPSA) is 71.5 Å². The summed E-state index contributed by atoms with van der Waals surface area (Å²) < 4.78 is 47.0. The molecule has 1 aromatic heterocycles. The number of benzene rings is 2. The van der Waals surface area contributed by atoms with Gasteiger partial charge in [-0.1, -0.05) is 24.3 Å². The van der Waals surface area contributed by atoms with Gasteiger partial charge in [-0.05, 0) is 55.6 Å². The molecule has 0 aliphatic carbocycles. The predicted octanol–water partition coefficient (Wildman–Crippen LogP) is 4.37. The van der Waals surface area contributed by atoms with Crippen molar-refractivity contribution in [3.63, 3.8) is 0 Å². The summed E-state index contributed by atoms with van der Waals surface area (Å²) in [4.78, 5) is 4.83. The van der Waals surface area contributed by atoms with Crippen LogP contribution in [0.2, 0.25) is 0 Å². The Labute approximate surface area is 188 Å². The molecule has 0 N–H and O–H groups in total. The third kappa shape index (κ3) is 5.70. The van der Waals surface area contributed by atoms with Gasteiger partial charge in [-0.25, -0.2) is 16.8 Å². The summed E-state index contributed by atoms with van der Waals surface area (Å²) in [6, 6.07) is 15.8. The predicted molar refractivity (Wildman–Crippen MR) is 126 cm³/mol. The van der Waals surface area contributed by atoms with Gasteiger partial charge in [0, 0.05) is 34.4 Å². The molecule has 0 fully saturated rings. The Morgan fingerprint density at radius 1 is 0.767 bits per heavy atom. The molecule has 0 saturated carbocycles. The lowest BCUT2D eigenvalue weighted by molar-refractivity contribution is 0.406. The fourth-order valence-corrected chi connectivity index (χ4v) is 5.56. The highest BCUT2D eigenvalue weighted by atomic mass is 35.5. The number of thiophene rings is 1. The Kier molecular flexibility index (Phi) is 7.53. The molecule has 0 aliphatic rings. The van der Waals surface area contributed by atoms with E-state index in [1.807, 2.05) is 38.4 Å². The fraction of sp³-hybridized carbons (Fsp3) is 0.238. The van der Waals surface area contributed by atoms with Gasteiger partial charge in [0.15, 0.2) is 19.7 Å². The van der Waals surface area contributed by atoms with Gasteiger partial charge < -0.3 is 4.90 Å². The molecule has 0 radical (unpaired) electrons. The van der Waals surface area contributed by atoms with Crippen molar-refractivity contribution in [1.82, 2.24) is 4.90 Å². The van der Waals surface area contributed by atoms with Crippen molar-refractivity contribution in [3.8, 4) is 21.6 Å². The third-order valence-electron chi connectivity index (χ3n) is 4.39. The van der Waals surface area contributed by atoms with E-state index in [0.717, 1.165) is 28.1 Å². The average Bonchev–Trinajstić information content (AvgIpc) is 3.03. The lowest BCUT2D eigenvalue weighted by Gasteiger charge is -2.07. The van der Waals surface area contributed by atoms with Crippen LogP contribution >= 0.6 is 23.7 Å². The highest BCUT2D eigenvalue weighted by Gasteiger charge is 2.16. The molecule has 0 bridgehead atoms.